The molecule has 2 aliphatic rings. The number of carbonyl (C=O) groups is 3. The largest absolute Gasteiger partial charge is 0.345 e. The molecule has 0 aromatic heterocycles. The van der Waals surface area contributed by atoms with Gasteiger partial charge in [-0.1, -0.05) is 18.2 Å². The van der Waals surface area contributed by atoms with Gasteiger partial charge in [0.2, 0.25) is 15.9 Å². The Bertz CT molecular complexity index is 823. The van der Waals surface area contributed by atoms with Gasteiger partial charge < -0.3 is 5.32 Å². The number of nitrogens with zero attached hydrogens (tertiary/aromatic N) is 1. The summed E-state index contributed by atoms with van der Waals surface area (Å²) < 4.78 is 26.7. The predicted molar refractivity (Wildman–Crippen MR) is 95.4 cm³/mol. The smallest absolute Gasteiger partial charge is 0.327 e. The van der Waals surface area contributed by atoms with Crippen LogP contribution in [0.15, 0.2) is 35.2 Å². The number of piperidine rings is 1. The van der Waals surface area contributed by atoms with Crippen LogP contribution in [-0.2, 0) is 24.4 Å². The Morgan fingerprint density at radius 1 is 0.963 bits per heavy atom. The second-order valence-electron chi connectivity index (χ2n) is 6.71. The van der Waals surface area contributed by atoms with E-state index < -0.39 is 33.7 Å². The van der Waals surface area contributed by atoms with Gasteiger partial charge in [0.25, 0.3) is 0 Å². The van der Waals surface area contributed by atoms with E-state index in [4.69, 9.17) is 0 Å². The highest BCUT2D eigenvalue weighted by Crippen LogP contribution is 2.23. The molecule has 1 aliphatic carbocycles. The van der Waals surface area contributed by atoms with Crippen molar-refractivity contribution in [3.63, 3.8) is 0 Å². The number of sulfonamides is 1. The van der Waals surface area contributed by atoms with Crippen LogP contribution >= 0.6 is 0 Å². The van der Waals surface area contributed by atoms with Gasteiger partial charge in [0, 0.05) is 19.1 Å². The van der Waals surface area contributed by atoms with Crippen molar-refractivity contribution in [3.05, 3.63) is 30.3 Å². The standard InChI is InChI=1S/C17H22N4O5S/c22-15(19-20-17(24)16(23)18-13-8-9-13)12-5-4-10-21(11-12)27(25,26)14-6-2-1-3-7-14/h1-3,6-7,12-13H,4-5,8-11H2,(H,18,23)(H,19,22)(H,20,24). The third kappa shape index (κ3) is 4.83. The first-order valence-corrected chi connectivity index (χ1v) is 10.3. The molecule has 0 bridgehead atoms. The zero-order chi connectivity index (χ0) is 19.4. The van der Waals surface area contributed by atoms with Crippen molar-refractivity contribution in [2.45, 2.75) is 36.6 Å². The third-order valence-electron chi connectivity index (χ3n) is 4.55. The first-order chi connectivity index (χ1) is 12.9. The lowest BCUT2D eigenvalue weighted by Crippen LogP contribution is -2.53. The fourth-order valence-corrected chi connectivity index (χ4v) is 4.42. The van der Waals surface area contributed by atoms with E-state index >= 15 is 0 Å². The van der Waals surface area contributed by atoms with Crippen molar-refractivity contribution >= 4 is 27.7 Å². The lowest BCUT2D eigenvalue weighted by molar-refractivity contribution is -0.141. The van der Waals surface area contributed by atoms with E-state index in [1.165, 1.54) is 16.4 Å². The van der Waals surface area contributed by atoms with Gasteiger partial charge in [-0.25, -0.2) is 8.42 Å². The van der Waals surface area contributed by atoms with Crippen molar-refractivity contribution in [2.75, 3.05) is 13.1 Å². The molecular formula is C17H22N4O5S. The van der Waals surface area contributed by atoms with E-state index in [0.717, 1.165) is 12.8 Å². The van der Waals surface area contributed by atoms with Crippen molar-refractivity contribution < 1.29 is 22.8 Å². The predicted octanol–water partition coefficient (Wildman–Crippen LogP) is -0.487. The molecule has 3 rings (SSSR count). The quantitative estimate of drug-likeness (QED) is 0.470. The molecule has 1 unspecified atom stereocenters. The maximum atomic E-state index is 12.7. The topological polar surface area (TPSA) is 125 Å². The highest BCUT2D eigenvalue weighted by molar-refractivity contribution is 7.89. The molecule has 2 fully saturated rings. The number of carbonyl (C=O) groups excluding carboxylic acids is 3. The molecule has 27 heavy (non-hydrogen) atoms. The van der Waals surface area contributed by atoms with Crippen molar-refractivity contribution in [2.24, 2.45) is 5.92 Å². The van der Waals surface area contributed by atoms with Crippen LogP contribution < -0.4 is 16.2 Å². The van der Waals surface area contributed by atoms with Crippen LogP contribution in [0.3, 0.4) is 0 Å². The normalized spacial score (nSPS) is 20.5. The van der Waals surface area contributed by atoms with Gasteiger partial charge >= 0.3 is 11.8 Å². The average molecular weight is 394 g/mol. The SMILES string of the molecule is O=C(NNC(=O)C1CCCN(S(=O)(=O)c2ccccc2)C1)C(=O)NC1CC1. The van der Waals surface area contributed by atoms with Crippen LogP contribution in [0.4, 0.5) is 0 Å². The summed E-state index contributed by atoms with van der Waals surface area (Å²) in [6.45, 7) is 0.352. The van der Waals surface area contributed by atoms with Crippen LogP contribution in [-0.4, -0.2) is 49.6 Å². The molecule has 1 aliphatic heterocycles. The highest BCUT2D eigenvalue weighted by Gasteiger charge is 2.33. The molecule has 0 spiro atoms. The number of hydrazine groups is 1. The molecule has 1 atom stereocenters. The Morgan fingerprint density at radius 3 is 2.33 bits per heavy atom. The van der Waals surface area contributed by atoms with Gasteiger partial charge in [-0.3, -0.25) is 25.2 Å². The second kappa shape index (κ2) is 8.05. The molecular weight excluding hydrogens is 372 g/mol. The Morgan fingerprint density at radius 2 is 1.67 bits per heavy atom. The number of benzene rings is 1. The van der Waals surface area contributed by atoms with E-state index in [1.54, 1.807) is 18.2 Å². The van der Waals surface area contributed by atoms with E-state index in [-0.39, 0.29) is 17.5 Å². The summed E-state index contributed by atoms with van der Waals surface area (Å²) in [5, 5.41) is 2.51. The third-order valence-corrected chi connectivity index (χ3v) is 6.43. The van der Waals surface area contributed by atoms with Gasteiger partial charge in [0.1, 0.15) is 0 Å². The molecule has 10 heteroatoms. The molecule has 1 aromatic rings. The van der Waals surface area contributed by atoms with Crippen molar-refractivity contribution in [1.82, 2.24) is 20.5 Å². The highest BCUT2D eigenvalue weighted by atomic mass is 32.2. The molecule has 1 heterocycles. The van der Waals surface area contributed by atoms with E-state index in [1.807, 2.05) is 0 Å². The number of rotatable bonds is 4. The van der Waals surface area contributed by atoms with E-state index in [9.17, 15) is 22.8 Å². The van der Waals surface area contributed by atoms with Crippen LogP contribution in [0.5, 0.6) is 0 Å². The van der Waals surface area contributed by atoms with Gasteiger partial charge in [0.15, 0.2) is 0 Å². The van der Waals surface area contributed by atoms with Crippen molar-refractivity contribution in [1.29, 1.82) is 0 Å². The lowest BCUT2D eigenvalue weighted by Gasteiger charge is -2.31. The molecule has 9 nitrogen and oxygen atoms in total. The minimum atomic E-state index is -3.68. The maximum Gasteiger partial charge on any atom is 0.327 e. The molecule has 3 amide bonds. The van der Waals surface area contributed by atoms with Gasteiger partial charge in [-0.15, -0.1) is 0 Å². The summed E-state index contributed by atoms with van der Waals surface area (Å²) >= 11 is 0. The summed E-state index contributed by atoms with van der Waals surface area (Å²) in [6.07, 6.45) is 2.72. The molecule has 3 N–H and O–H groups in total. The zero-order valence-electron chi connectivity index (χ0n) is 14.7. The Labute approximate surface area is 157 Å². The van der Waals surface area contributed by atoms with Crippen LogP contribution in [0.25, 0.3) is 0 Å². The molecule has 1 saturated carbocycles. The summed E-state index contributed by atoms with van der Waals surface area (Å²) in [5.41, 5.74) is 4.30. The van der Waals surface area contributed by atoms with Crippen LogP contribution in [0, 0.1) is 5.92 Å². The van der Waals surface area contributed by atoms with Gasteiger partial charge in [0.05, 0.1) is 10.8 Å². The number of hydrogen-bond donors (Lipinski definition) is 3. The summed E-state index contributed by atoms with van der Waals surface area (Å²) in [4.78, 5) is 35.7. The molecule has 146 valence electrons. The van der Waals surface area contributed by atoms with Gasteiger partial charge in [-0.2, -0.15) is 4.31 Å². The van der Waals surface area contributed by atoms with Crippen LogP contribution in [0.2, 0.25) is 0 Å². The zero-order valence-corrected chi connectivity index (χ0v) is 15.5. The van der Waals surface area contributed by atoms with Gasteiger partial charge in [-0.05, 0) is 37.8 Å². The Kier molecular flexibility index (Phi) is 5.76. The second-order valence-corrected chi connectivity index (χ2v) is 8.64. The van der Waals surface area contributed by atoms with E-state index in [0.29, 0.717) is 19.4 Å². The summed E-state index contributed by atoms with van der Waals surface area (Å²) in [5.74, 6) is -2.87. The summed E-state index contributed by atoms with van der Waals surface area (Å²) in [6, 6.07) is 8.07. The minimum absolute atomic E-state index is 0.0210. The van der Waals surface area contributed by atoms with E-state index in [2.05, 4.69) is 16.2 Å². The molecule has 0 radical (unpaired) electrons. The summed E-state index contributed by atoms with van der Waals surface area (Å²) in [7, 11) is -3.68. The number of amides is 3. The number of nitrogens with one attached hydrogen (secondary N) is 3. The number of hydrogen-bond acceptors (Lipinski definition) is 5. The molecule has 1 saturated heterocycles. The maximum absolute atomic E-state index is 12.7. The first-order valence-electron chi connectivity index (χ1n) is 8.84. The first kappa shape index (κ1) is 19.3. The monoisotopic (exact) mass is 394 g/mol. The Balaban J connectivity index is 1.54. The fourth-order valence-electron chi connectivity index (χ4n) is 2.87. The molecule has 1 aromatic carbocycles. The van der Waals surface area contributed by atoms with Crippen LogP contribution in [0.1, 0.15) is 25.7 Å². The Hall–Kier alpha value is -2.46. The fraction of sp³-hybridized carbons (Fsp3) is 0.471. The minimum Gasteiger partial charge on any atom is -0.345 e. The average Bonchev–Trinajstić information content (AvgIpc) is 3.50. The lowest BCUT2D eigenvalue weighted by atomic mass is 9.99. The van der Waals surface area contributed by atoms with Crippen molar-refractivity contribution in [3.8, 4) is 0 Å².